The molecule has 0 saturated carbocycles. The number of rotatable bonds is 6. The molecular weight excluding hydrogens is 336 g/mol. The number of hydrogen-bond donors (Lipinski definition) is 1. The summed E-state index contributed by atoms with van der Waals surface area (Å²) >= 11 is 3.52. The van der Waals surface area contributed by atoms with Gasteiger partial charge in [0.1, 0.15) is 12.4 Å². The Kier molecular flexibility index (Phi) is 5.01. The molecular formula is C15H17BrN2O3. The topological polar surface area (TPSA) is 64.4 Å². The number of aliphatic carboxylic acids is 1. The van der Waals surface area contributed by atoms with E-state index in [4.69, 9.17) is 9.84 Å². The zero-order valence-electron chi connectivity index (χ0n) is 12.0. The number of benzene rings is 1. The maximum atomic E-state index is 10.9. The first-order valence-electron chi connectivity index (χ1n) is 6.67. The number of aromatic nitrogens is 2. The molecule has 112 valence electrons. The van der Waals surface area contributed by atoms with E-state index in [9.17, 15) is 4.79 Å². The molecule has 2 aromatic rings. The highest BCUT2D eigenvalue weighted by molar-refractivity contribution is 9.10. The Hall–Kier alpha value is -1.82. The van der Waals surface area contributed by atoms with E-state index in [0.717, 1.165) is 22.4 Å². The third-order valence-corrected chi connectivity index (χ3v) is 4.16. The molecule has 6 heteroatoms. The van der Waals surface area contributed by atoms with Crippen LogP contribution in [-0.2, 0) is 24.4 Å². The molecule has 0 bridgehead atoms. The molecule has 0 atom stereocenters. The number of hydrogen-bond acceptors (Lipinski definition) is 3. The number of nitrogens with zero attached hydrogens (tertiary/aromatic N) is 2. The maximum Gasteiger partial charge on any atom is 0.307 e. The summed E-state index contributed by atoms with van der Waals surface area (Å²) in [6.07, 6.45) is -0.0522. The number of ether oxygens (including phenoxy) is 1. The second-order valence-electron chi connectivity index (χ2n) is 4.63. The van der Waals surface area contributed by atoms with Crippen LogP contribution in [0.25, 0.3) is 0 Å². The van der Waals surface area contributed by atoms with Gasteiger partial charge in [-0.15, -0.1) is 0 Å². The zero-order chi connectivity index (χ0) is 15.4. The number of halogens is 1. The minimum absolute atomic E-state index is 0.0522. The van der Waals surface area contributed by atoms with Gasteiger partial charge in [-0.1, -0.05) is 18.2 Å². The zero-order valence-corrected chi connectivity index (χ0v) is 13.6. The summed E-state index contributed by atoms with van der Waals surface area (Å²) in [5.74, 6) is -0.282. The molecule has 0 aliphatic rings. The first-order chi connectivity index (χ1) is 10.0. The van der Waals surface area contributed by atoms with Gasteiger partial charge in [0.15, 0.2) is 0 Å². The van der Waals surface area contributed by atoms with Crippen LogP contribution in [0.2, 0.25) is 0 Å². The summed E-state index contributed by atoms with van der Waals surface area (Å²) in [6, 6.07) is 7.19. The fourth-order valence-corrected chi connectivity index (χ4v) is 2.51. The number of carboxylic acids is 1. The first-order valence-corrected chi connectivity index (χ1v) is 7.46. The molecule has 1 aromatic heterocycles. The van der Waals surface area contributed by atoms with Crippen molar-refractivity contribution in [1.29, 1.82) is 0 Å². The average molecular weight is 353 g/mol. The van der Waals surface area contributed by atoms with Crippen molar-refractivity contribution in [2.24, 2.45) is 0 Å². The van der Waals surface area contributed by atoms with Crippen molar-refractivity contribution in [3.63, 3.8) is 0 Å². The predicted octanol–water partition coefficient (Wildman–Crippen LogP) is 3.18. The molecule has 1 heterocycles. The van der Waals surface area contributed by atoms with E-state index in [1.165, 1.54) is 0 Å². The lowest BCUT2D eigenvalue weighted by atomic mass is 10.1. The SMILES string of the molecule is CCn1nc(C)c(Br)c1COc1ccccc1CC(=O)O. The third-order valence-electron chi connectivity index (χ3n) is 3.13. The van der Waals surface area contributed by atoms with Gasteiger partial charge < -0.3 is 9.84 Å². The van der Waals surface area contributed by atoms with Crippen LogP contribution in [-0.4, -0.2) is 20.9 Å². The van der Waals surface area contributed by atoms with E-state index in [1.54, 1.807) is 12.1 Å². The van der Waals surface area contributed by atoms with Crippen LogP contribution < -0.4 is 4.74 Å². The maximum absolute atomic E-state index is 10.9. The van der Waals surface area contributed by atoms with E-state index in [2.05, 4.69) is 21.0 Å². The minimum atomic E-state index is -0.873. The van der Waals surface area contributed by atoms with Gasteiger partial charge in [-0.05, 0) is 35.8 Å². The smallest absolute Gasteiger partial charge is 0.307 e. The number of carboxylic acid groups (broad SMARTS) is 1. The Morgan fingerprint density at radius 2 is 2.14 bits per heavy atom. The summed E-state index contributed by atoms with van der Waals surface area (Å²) in [5, 5.41) is 13.3. The molecule has 0 saturated heterocycles. The predicted molar refractivity (Wildman–Crippen MR) is 82.5 cm³/mol. The van der Waals surface area contributed by atoms with Crippen molar-refractivity contribution >= 4 is 21.9 Å². The number of aryl methyl sites for hydroxylation is 2. The average Bonchev–Trinajstić information content (AvgIpc) is 2.73. The van der Waals surface area contributed by atoms with Crippen LogP contribution in [0.15, 0.2) is 28.7 Å². The molecule has 2 rings (SSSR count). The molecule has 5 nitrogen and oxygen atoms in total. The van der Waals surface area contributed by atoms with E-state index in [0.29, 0.717) is 17.9 Å². The van der Waals surface area contributed by atoms with Crippen molar-refractivity contribution in [2.75, 3.05) is 0 Å². The monoisotopic (exact) mass is 352 g/mol. The van der Waals surface area contributed by atoms with Gasteiger partial charge in [-0.2, -0.15) is 5.10 Å². The first kappa shape index (κ1) is 15.6. The molecule has 0 fully saturated rings. The lowest BCUT2D eigenvalue weighted by molar-refractivity contribution is -0.136. The Bertz CT molecular complexity index is 652. The lowest BCUT2D eigenvalue weighted by Gasteiger charge is -2.11. The van der Waals surface area contributed by atoms with Crippen LogP contribution in [0, 0.1) is 6.92 Å². The normalized spacial score (nSPS) is 10.6. The van der Waals surface area contributed by atoms with Crippen molar-refractivity contribution in [3.8, 4) is 5.75 Å². The molecule has 0 unspecified atom stereocenters. The van der Waals surface area contributed by atoms with Crippen LogP contribution in [0.1, 0.15) is 23.9 Å². The van der Waals surface area contributed by atoms with Gasteiger partial charge in [-0.3, -0.25) is 9.48 Å². The second kappa shape index (κ2) is 6.76. The van der Waals surface area contributed by atoms with Gasteiger partial charge in [-0.25, -0.2) is 0 Å². The Balaban J connectivity index is 2.19. The van der Waals surface area contributed by atoms with Gasteiger partial charge in [0.25, 0.3) is 0 Å². The fraction of sp³-hybridized carbons (Fsp3) is 0.333. The highest BCUT2D eigenvalue weighted by Crippen LogP contribution is 2.24. The van der Waals surface area contributed by atoms with Gasteiger partial charge in [0.2, 0.25) is 0 Å². The molecule has 1 N–H and O–H groups in total. The molecule has 0 aliphatic carbocycles. The van der Waals surface area contributed by atoms with Crippen LogP contribution >= 0.6 is 15.9 Å². The summed E-state index contributed by atoms with van der Waals surface area (Å²) in [6.45, 7) is 5.03. The van der Waals surface area contributed by atoms with Gasteiger partial charge in [0, 0.05) is 12.1 Å². The van der Waals surface area contributed by atoms with Crippen molar-refractivity contribution in [2.45, 2.75) is 33.4 Å². The van der Waals surface area contributed by atoms with Crippen molar-refractivity contribution in [3.05, 3.63) is 45.7 Å². The number of para-hydroxylation sites is 1. The van der Waals surface area contributed by atoms with Gasteiger partial charge >= 0.3 is 5.97 Å². The fourth-order valence-electron chi connectivity index (χ4n) is 2.11. The van der Waals surface area contributed by atoms with Crippen LogP contribution in [0.4, 0.5) is 0 Å². The van der Waals surface area contributed by atoms with E-state index >= 15 is 0 Å². The standard InChI is InChI=1S/C15H17BrN2O3/c1-3-18-12(15(16)10(2)17-18)9-21-13-7-5-4-6-11(13)8-14(19)20/h4-7H,3,8-9H2,1-2H3,(H,19,20). The summed E-state index contributed by atoms with van der Waals surface area (Å²) in [7, 11) is 0. The van der Waals surface area contributed by atoms with Gasteiger partial charge in [0.05, 0.1) is 22.3 Å². The molecule has 0 aliphatic heterocycles. The van der Waals surface area contributed by atoms with Crippen molar-refractivity contribution in [1.82, 2.24) is 9.78 Å². The molecule has 0 amide bonds. The minimum Gasteiger partial charge on any atom is -0.487 e. The van der Waals surface area contributed by atoms with E-state index in [-0.39, 0.29) is 6.42 Å². The largest absolute Gasteiger partial charge is 0.487 e. The van der Waals surface area contributed by atoms with Crippen LogP contribution in [0.5, 0.6) is 5.75 Å². The Morgan fingerprint density at radius 1 is 1.43 bits per heavy atom. The van der Waals surface area contributed by atoms with Crippen LogP contribution in [0.3, 0.4) is 0 Å². The summed E-state index contributed by atoms with van der Waals surface area (Å²) in [4.78, 5) is 10.9. The summed E-state index contributed by atoms with van der Waals surface area (Å²) in [5.41, 5.74) is 2.52. The lowest BCUT2D eigenvalue weighted by Crippen LogP contribution is -2.08. The Morgan fingerprint density at radius 3 is 2.81 bits per heavy atom. The number of carbonyl (C=O) groups is 1. The molecule has 0 spiro atoms. The molecule has 21 heavy (non-hydrogen) atoms. The summed E-state index contributed by atoms with van der Waals surface area (Å²) < 4.78 is 8.61. The van der Waals surface area contributed by atoms with E-state index in [1.807, 2.05) is 30.7 Å². The highest BCUT2D eigenvalue weighted by atomic mass is 79.9. The second-order valence-corrected chi connectivity index (χ2v) is 5.42. The quantitative estimate of drug-likeness (QED) is 0.866. The molecule has 1 aromatic carbocycles. The van der Waals surface area contributed by atoms with E-state index < -0.39 is 5.97 Å². The van der Waals surface area contributed by atoms with Crippen molar-refractivity contribution < 1.29 is 14.6 Å². The molecule has 0 radical (unpaired) electrons. The Labute approximate surface area is 131 Å². The highest BCUT2D eigenvalue weighted by Gasteiger charge is 2.14. The third kappa shape index (κ3) is 3.64.